The molecular formula is C25H23BrN2O3. The van der Waals surface area contributed by atoms with E-state index in [1.807, 2.05) is 74.5 Å². The summed E-state index contributed by atoms with van der Waals surface area (Å²) in [7, 11) is 0. The number of rotatable bonds is 5. The van der Waals surface area contributed by atoms with E-state index in [4.69, 9.17) is 9.15 Å². The predicted octanol–water partition coefficient (Wildman–Crippen LogP) is 6.67. The number of carbonyl (C=O) groups is 1. The Bertz CT molecular complexity index is 1260. The van der Waals surface area contributed by atoms with Gasteiger partial charge in [-0.05, 0) is 87.4 Å². The molecule has 1 amide bonds. The second-order valence-electron chi connectivity index (χ2n) is 7.99. The van der Waals surface area contributed by atoms with E-state index in [0.29, 0.717) is 17.3 Å². The van der Waals surface area contributed by atoms with E-state index in [1.165, 1.54) is 0 Å². The molecule has 1 aromatic heterocycles. The van der Waals surface area contributed by atoms with Crippen molar-refractivity contribution in [2.75, 3.05) is 5.32 Å². The molecule has 4 aromatic rings. The lowest BCUT2D eigenvalue weighted by Gasteiger charge is -2.26. The monoisotopic (exact) mass is 478 g/mol. The van der Waals surface area contributed by atoms with Gasteiger partial charge in [-0.2, -0.15) is 0 Å². The third kappa shape index (κ3) is 4.49. The van der Waals surface area contributed by atoms with Gasteiger partial charge < -0.3 is 14.5 Å². The molecule has 4 rings (SSSR count). The zero-order valence-corrected chi connectivity index (χ0v) is 19.4. The molecule has 1 N–H and O–H groups in total. The minimum atomic E-state index is -1.06. The van der Waals surface area contributed by atoms with Gasteiger partial charge in [-0.25, -0.2) is 4.98 Å². The number of carbonyl (C=O) groups excluding carboxylic acids is 1. The van der Waals surface area contributed by atoms with Crippen LogP contribution in [0, 0.1) is 13.8 Å². The van der Waals surface area contributed by atoms with Gasteiger partial charge in [0, 0.05) is 15.7 Å². The molecule has 158 valence electrons. The fourth-order valence-corrected chi connectivity index (χ4v) is 3.54. The Morgan fingerprint density at radius 1 is 1.06 bits per heavy atom. The lowest BCUT2D eigenvalue weighted by Crippen LogP contribution is -2.42. The van der Waals surface area contributed by atoms with Gasteiger partial charge in [-0.3, -0.25) is 4.79 Å². The number of anilines is 1. The molecule has 0 bridgehead atoms. The molecule has 0 radical (unpaired) electrons. The molecule has 0 saturated heterocycles. The lowest BCUT2D eigenvalue weighted by atomic mass is 10.0. The zero-order chi connectivity index (χ0) is 22.2. The molecule has 0 unspecified atom stereocenters. The number of hydrogen-bond acceptors (Lipinski definition) is 4. The van der Waals surface area contributed by atoms with E-state index in [1.54, 1.807) is 13.8 Å². The van der Waals surface area contributed by atoms with Crippen LogP contribution < -0.4 is 10.1 Å². The largest absolute Gasteiger partial charge is 0.478 e. The number of nitrogens with one attached hydrogen (secondary N) is 1. The number of hydrogen-bond donors (Lipinski definition) is 1. The van der Waals surface area contributed by atoms with Crippen LogP contribution in [-0.2, 0) is 4.79 Å². The van der Waals surface area contributed by atoms with E-state index in [2.05, 4.69) is 26.2 Å². The van der Waals surface area contributed by atoms with Gasteiger partial charge in [0.1, 0.15) is 11.3 Å². The first-order valence-electron chi connectivity index (χ1n) is 9.96. The van der Waals surface area contributed by atoms with Crippen LogP contribution in [0.5, 0.6) is 5.75 Å². The Morgan fingerprint density at radius 3 is 2.55 bits per heavy atom. The molecular weight excluding hydrogens is 456 g/mol. The fraction of sp³-hybridized carbons (Fsp3) is 0.200. The summed E-state index contributed by atoms with van der Waals surface area (Å²) in [6.07, 6.45) is 0. The highest BCUT2D eigenvalue weighted by Gasteiger charge is 2.30. The quantitative estimate of drug-likeness (QED) is 0.347. The van der Waals surface area contributed by atoms with Crippen LogP contribution in [-0.4, -0.2) is 16.5 Å². The molecule has 6 heteroatoms. The van der Waals surface area contributed by atoms with E-state index in [-0.39, 0.29) is 5.91 Å². The summed E-state index contributed by atoms with van der Waals surface area (Å²) in [6.45, 7) is 7.44. The van der Waals surface area contributed by atoms with Crippen LogP contribution in [0.2, 0.25) is 0 Å². The summed E-state index contributed by atoms with van der Waals surface area (Å²) < 4.78 is 12.8. The van der Waals surface area contributed by atoms with Crippen LogP contribution in [0.4, 0.5) is 5.69 Å². The van der Waals surface area contributed by atoms with Crippen LogP contribution in [0.3, 0.4) is 0 Å². The standard InChI is InChI=1S/C25H23BrN2O3/c1-15-8-13-22-21(14-15)27-23(30-22)19-6-5-7-20(16(19)2)28-24(29)25(3,4)31-18-11-9-17(26)10-12-18/h5-14H,1-4H3,(H,28,29). The Morgan fingerprint density at radius 2 is 1.81 bits per heavy atom. The molecule has 0 aliphatic carbocycles. The van der Waals surface area contributed by atoms with Gasteiger partial charge in [-0.15, -0.1) is 0 Å². The molecule has 0 saturated carbocycles. The van der Waals surface area contributed by atoms with Crippen molar-refractivity contribution in [3.05, 3.63) is 76.3 Å². The van der Waals surface area contributed by atoms with Crippen molar-refractivity contribution in [3.63, 3.8) is 0 Å². The zero-order valence-electron chi connectivity index (χ0n) is 17.8. The molecule has 0 aliphatic heterocycles. The Kier molecular flexibility index (Phi) is 5.58. The molecule has 31 heavy (non-hydrogen) atoms. The highest BCUT2D eigenvalue weighted by atomic mass is 79.9. The van der Waals surface area contributed by atoms with Crippen LogP contribution >= 0.6 is 15.9 Å². The number of ether oxygens (including phenoxy) is 1. The number of aryl methyl sites for hydroxylation is 1. The van der Waals surface area contributed by atoms with E-state index in [9.17, 15) is 4.79 Å². The lowest BCUT2D eigenvalue weighted by molar-refractivity contribution is -0.128. The first-order valence-corrected chi connectivity index (χ1v) is 10.8. The van der Waals surface area contributed by atoms with Crippen LogP contribution in [0.1, 0.15) is 25.0 Å². The third-order valence-corrected chi connectivity index (χ3v) is 5.62. The van der Waals surface area contributed by atoms with Gasteiger partial charge >= 0.3 is 0 Å². The third-order valence-electron chi connectivity index (χ3n) is 5.09. The van der Waals surface area contributed by atoms with Crippen molar-refractivity contribution < 1.29 is 13.9 Å². The summed E-state index contributed by atoms with van der Waals surface area (Å²) in [4.78, 5) is 17.6. The van der Waals surface area contributed by atoms with E-state index >= 15 is 0 Å². The second kappa shape index (κ2) is 8.19. The van der Waals surface area contributed by atoms with Crippen molar-refractivity contribution in [1.29, 1.82) is 0 Å². The maximum atomic E-state index is 13.0. The highest BCUT2D eigenvalue weighted by molar-refractivity contribution is 9.10. The van der Waals surface area contributed by atoms with Crippen LogP contribution in [0.25, 0.3) is 22.6 Å². The smallest absolute Gasteiger partial charge is 0.267 e. The van der Waals surface area contributed by atoms with Gasteiger partial charge in [-0.1, -0.05) is 28.1 Å². The van der Waals surface area contributed by atoms with Crippen molar-refractivity contribution in [1.82, 2.24) is 4.98 Å². The fourth-order valence-electron chi connectivity index (χ4n) is 3.27. The summed E-state index contributed by atoms with van der Waals surface area (Å²) in [5, 5.41) is 2.99. The van der Waals surface area contributed by atoms with Crippen molar-refractivity contribution >= 4 is 38.6 Å². The Labute approximate surface area is 189 Å². The molecule has 0 spiro atoms. The molecule has 0 aliphatic rings. The average Bonchev–Trinajstić information content (AvgIpc) is 3.14. The summed E-state index contributed by atoms with van der Waals surface area (Å²) >= 11 is 3.40. The van der Waals surface area contributed by atoms with Crippen molar-refractivity contribution in [2.24, 2.45) is 0 Å². The number of benzene rings is 3. The molecule has 0 fully saturated rings. The van der Waals surface area contributed by atoms with Gasteiger partial charge in [0.2, 0.25) is 5.89 Å². The number of nitrogens with zero attached hydrogens (tertiary/aromatic N) is 1. The van der Waals surface area contributed by atoms with Crippen molar-refractivity contribution in [3.8, 4) is 17.2 Å². The summed E-state index contributed by atoms with van der Waals surface area (Å²) in [5.41, 5.74) is 4.00. The van der Waals surface area contributed by atoms with E-state index in [0.717, 1.165) is 32.3 Å². The summed E-state index contributed by atoms with van der Waals surface area (Å²) in [5.74, 6) is 0.902. The number of halogens is 1. The number of oxazole rings is 1. The molecule has 5 nitrogen and oxygen atoms in total. The van der Waals surface area contributed by atoms with Crippen molar-refractivity contribution in [2.45, 2.75) is 33.3 Å². The normalized spacial score (nSPS) is 11.5. The SMILES string of the molecule is Cc1ccc2oc(-c3cccc(NC(=O)C(C)(C)Oc4ccc(Br)cc4)c3C)nc2c1. The minimum Gasteiger partial charge on any atom is -0.478 e. The first kappa shape index (κ1) is 21.1. The summed E-state index contributed by atoms with van der Waals surface area (Å²) in [6, 6.07) is 19.0. The maximum Gasteiger partial charge on any atom is 0.267 e. The Balaban J connectivity index is 1.58. The Hall–Kier alpha value is -3.12. The highest BCUT2D eigenvalue weighted by Crippen LogP contribution is 2.31. The maximum absolute atomic E-state index is 13.0. The van der Waals surface area contributed by atoms with Gasteiger partial charge in [0.15, 0.2) is 11.2 Å². The number of aromatic nitrogens is 1. The van der Waals surface area contributed by atoms with E-state index < -0.39 is 5.60 Å². The number of amides is 1. The van der Waals surface area contributed by atoms with Gasteiger partial charge in [0.05, 0.1) is 0 Å². The molecule has 0 atom stereocenters. The minimum absolute atomic E-state index is 0.246. The predicted molar refractivity (Wildman–Crippen MR) is 126 cm³/mol. The van der Waals surface area contributed by atoms with Crippen LogP contribution in [0.15, 0.2) is 69.6 Å². The second-order valence-corrected chi connectivity index (χ2v) is 8.90. The topological polar surface area (TPSA) is 64.4 Å². The van der Waals surface area contributed by atoms with Gasteiger partial charge in [0.25, 0.3) is 5.91 Å². The first-order chi connectivity index (χ1) is 14.7. The molecule has 3 aromatic carbocycles. The molecule has 1 heterocycles. The number of fused-ring (bicyclic) bond motifs is 1. The average molecular weight is 479 g/mol.